The first-order valence-corrected chi connectivity index (χ1v) is 7.90. The standard InChI is InChI=1S/C19H20N2O3/c1-12-8-9-15(10-13(12)2)24-14(3)19(23)21-11-18(22)20-16-6-4-5-7-17(16)21/h4-10,14H,11H2,1-3H3,(H,20,22)/t14-/m0/s1. The van der Waals surface area contributed by atoms with Crippen LogP contribution in [0.2, 0.25) is 0 Å². The molecule has 0 saturated heterocycles. The molecule has 1 atom stereocenters. The van der Waals surface area contributed by atoms with Crippen molar-refractivity contribution in [1.82, 2.24) is 0 Å². The van der Waals surface area contributed by atoms with Crippen molar-refractivity contribution < 1.29 is 14.3 Å². The zero-order chi connectivity index (χ0) is 17.3. The predicted molar refractivity (Wildman–Crippen MR) is 93.4 cm³/mol. The van der Waals surface area contributed by atoms with E-state index in [4.69, 9.17) is 4.74 Å². The van der Waals surface area contributed by atoms with Gasteiger partial charge in [-0.2, -0.15) is 0 Å². The van der Waals surface area contributed by atoms with Crippen LogP contribution in [0.4, 0.5) is 11.4 Å². The molecule has 0 radical (unpaired) electrons. The van der Waals surface area contributed by atoms with Gasteiger partial charge in [0.25, 0.3) is 5.91 Å². The van der Waals surface area contributed by atoms with E-state index in [0.717, 1.165) is 5.56 Å². The van der Waals surface area contributed by atoms with Crippen LogP contribution in [-0.2, 0) is 9.59 Å². The zero-order valence-electron chi connectivity index (χ0n) is 14.0. The normalized spacial score (nSPS) is 14.6. The Morgan fingerprint density at radius 2 is 1.92 bits per heavy atom. The van der Waals surface area contributed by atoms with Gasteiger partial charge in [-0.25, -0.2) is 0 Å². The number of anilines is 2. The van der Waals surface area contributed by atoms with E-state index in [1.165, 1.54) is 10.5 Å². The second kappa shape index (κ2) is 6.35. The van der Waals surface area contributed by atoms with Gasteiger partial charge < -0.3 is 10.1 Å². The summed E-state index contributed by atoms with van der Waals surface area (Å²) < 4.78 is 5.79. The average Bonchev–Trinajstić information content (AvgIpc) is 2.56. The van der Waals surface area contributed by atoms with Crippen LogP contribution in [0.5, 0.6) is 5.75 Å². The Balaban J connectivity index is 1.80. The molecule has 2 amide bonds. The molecule has 0 spiro atoms. The minimum atomic E-state index is -0.689. The number of fused-ring (bicyclic) bond motifs is 1. The third-order valence-corrected chi connectivity index (χ3v) is 4.18. The number of para-hydroxylation sites is 2. The number of carbonyl (C=O) groups is 2. The van der Waals surface area contributed by atoms with Gasteiger partial charge in [-0.15, -0.1) is 0 Å². The molecule has 0 aromatic heterocycles. The second-order valence-corrected chi connectivity index (χ2v) is 6.00. The molecule has 1 aliphatic rings. The van der Waals surface area contributed by atoms with Crippen molar-refractivity contribution in [3.05, 3.63) is 53.6 Å². The van der Waals surface area contributed by atoms with Crippen molar-refractivity contribution in [3.63, 3.8) is 0 Å². The molecule has 24 heavy (non-hydrogen) atoms. The molecule has 3 rings (SSSR count). The SMILES string of the molecule is Cc1ccc(O[C@@H](C)C(=O)N2CC(=O)Nc3ccccc32)cc1C. The molecule has 124 valence electrons. The number of rotatable bonds is 3. The molecule has 0 saturated carbocycles. The molecule has 5 heteroatoms. The van der Waals surface area contributed by atoms with Gasteiger partial charge in [-0.3, -0.25) is 14.5 Å². The summed E-state index contributed by atoms with van der Waals surface area (Å²) in [5.74, 6) is 0.199. The highest BCUT2D eigenvalue weighted by Crippen LogP contribution is 2.29. The molecule has 1 N–H and O–H groups in total. The van der Waals surface area contributed by atoms with Crippen molar-refractivity contribution in [1.29, 1.82) is 0 Å². The van der Waals surface area contributed by atoms with Gasteiger partial charge in [0.1, 0.15) is 12.3 Å². The van der Waals surface area contributed by atoms with Crippen molar-refractivity contribution >= 4 is 23.2 Å². The maximum atomic E-state index is 12.8. The lowest BCUT2D eigenvalue weighted by atomic mass is 10.1. The van der Waals surface area contributed by atoms with Crippen LogP contribution in [0.1, 0.15) is 18.1 Å². The van der Waals surface area contributed by atoms with E-state index in [9.17, 15) is 9.59 Å². The number of carbonyl (C=O) groups excluding carboxylic acids is 2. The van der Waals surface area contributed by atoms with Gasteiger partial charge in [-0.1, -0.05) is 18.2 Å². The largest absolute Gasteiger partial charge is 0.481 e. The summed E-state index contributed by atoms with van der Waals surface area (Å²) in [4.78, 5) is 26.1. The van der Waals surface area contributed by atoms with E-state index in [2.05, 4.69) is 5.32 Å². The van der Waals surface area contributed by atoms with Gasteiger partial charge in [0.05, 0.1) is 11.4 Å². The van der Waals surface area contributed by atoms with Crippen LogP contribution < -0.4 is 15.0 Å². The van der Waals surface area contributed by atoms with E-state index in [0.29, 0.717) is 17.1 Å². The minimum absolute atomic E-state index is 0.00350. The monoisotopic (exact) mass is 324 g/mol. The number of hydrogen-bond donors (Lipinski definition) is 1. The van der Waals surface area contributed by atoms with E-state index >= 15 is 0 Å². The highest BCUT2D eigenvalue weighted by atomic mass is 16.5. The Hall–Kier alpha value is -2.82. The number of hydrogen-bond acceptors (Lipinski definition) is 3. The third kappa shape index (κ3) is 3.11. The number of nitrogens with zero attached hydrogens (tertiary/aromatic N) is 1. The van der Waals surface area contributed by atoms with Crippen molar-refractivity contribution in [3.8, 4) is 5.75 Å². The van der Waals surface area contributed by atoms with Crippen molar-refractivity contribution in [2.45, 2.75) is 26.9 Å². The molecular formula is C19H20N2O3. The Morgan fingerprint density at radius 1 is 1.17 bits per heavy atom. The smallest absolute Gasteiger partial charge is 0.268 e. The zero-order valence-corrected chi connectivity index (χ0v) is 14.0. The Morgan fingerprint density at radius 3 is 2.67 bits per heavy atom. The fraction of sp³-hybridized carbons (Fsp3) is 0.263. The molecule has 0 aliphatic carbocycles. The molecule has 1 aliphatic heterocycles. The maximum Gasteiger partial charge on any atom is 0.268 e. The average molecular weight is 324 g/mol. The summed E-state index contributed by atoms with van der Waals surface area (Å²) in [5.41, 5.74) is 3.61. The van der Waals surface area contributed by atoms with Gasteiger partial charge in [0.15, 0.2) is 6.10 Å². The van der Waals surface area contributed by atoms with E-state index < -0.39 is 6.10 Å². The Labute approximate surface area is 141 Å². The highest BCUT2D eigenvalue weighted by Gasteiger charge is 2.30. The molecule has 2 aromatic carbocycles. The lowest BCUT2D eigenvalue weighted by Gasteiger charge is -2.31. The lowest BCUT2D eigenvalue weighted by molar-refractivity contribution is -0.126. The molecule has 0 bridgehead atoms. The summed E-state index contributed by atoms with van der Waals surface area (Å²) in [6.07, 6.45) is -0.689. The first-order chi connectivity index (χ1) is 11.5. The van der Waals surface area contributed by atoms with Gasteiger partial charge in [0, 0.05) is 0 Å². The summed E-state index contributed by atoms with van der Waals surface area (Å²) in [7, 11) is 0. The second-order valence-electron chi connectivity index (χ2n) is 6.00. The van der Waals surface area contributed by atoms with Crippen LogP contribution in [0.3, 0.4) is 0 Å². The molecule has 1 heterocycles. The molecule has 0 unspecified atom stereocenters. The summed E-state index contributed by atoms with van der Waals surface area (Å²) in [6, 6.07) is 13.0. The maximum absolute atomic E-state index is 12.8. The van der Waals surface area contributed by atoms with Gasteiger partial charge in [-0.05, 0) is 56.2 Å². The number of aryl methyl sites for hydroxylation is 2. The molecule has 2 aromatic rings. The summed E-state index contributed by atoms with van der Waals surface area (Å²) in [5, 5.41) is 2.77. The van der Waals surface area contributed by atoms with Gasteiger partial charge >= 0.3 is 0 Å². The Kier molecular flexibility index (Phi) is 4.25. The fourth-order valence-corrected chi connectivity index (χ4v) is 2.69. The predicted octanol–water partition coefficient (Wildman–Crippen LogP) is 3.06. The van der Waals surface area contributed by atoms with E-state index in [-0.39, 0.29) is 18.4 Å². The van der Waals surface area contributed by atoms with Crippen molar-refractivity contribution in [2.24, 2.45) is 0 Å². The molecular weight excluding hydrogens is 304 g/mol. The Bertz CT molecular complexity index is 801. The number of nitrogens with one attached hydrogen (secondary N) is 1. The lowest BCUT2D eigenvalue weighted by Crippen LogP contribution is -2.47. The van der Waals surface area contributed by atoms with Crippen LogP contribution in [0.25, 0.3) is 0 Å². The van der Waals surface area contributed by atoms with Gasteiger partial charge in [0.2, 0.25) is 5.91 Å². The third-order valence-electron chi connectivity index (χ3n) is 4.18. The number of amides is 2. The van der Waals surface area contributed by atoms with Crippen LogP contribution in [-0.4, -0.2) is 24.5 Å². The van der Waals surface area contributed by atoms with Crippen molar-refractivity contribution in [2.75, 3.05) is 16.8 Å². The first kappa shape index (κ1) is 16.1. The summed E-state index contributed by atoms with van der Waals surface area (Å²) >= 11 is 0. The minimum Gasteiger partial charge on any atom is -0.481 e. The number of benzene rings is 2. The fourth-order valence-electron chi connectivity index (χ4n) is 2.69. The van der Waals surface area contributed by atoms with Crippen LogP contribution in [0, 0.1) is 13.8 Å². The number of ether oxygens (including phenoxy) is 1. The summed E-state index contributed by atoms with van der Waals surface area (Å²) in [6.45, 7) is 5.72. The van der Waals surface area contributed by atoms with Crippen LogP contribution in [0.15, 0.2) is 42.5 Å². The quantitative estimate of drug-likeness (QED) is 0.944. The topological polar surface area (TPSA) is 58.6 Å². The first-order valence-electron chi connectivity index (χ1n) is 7.90. The highest BCUT2D eigenvalue weighted by molar-refractivity contribution is 6.10. The molecule has 0 fully saturated rings. The van der Waals surface area contributed by atoms with E-state index in [1.54, 1.807) is 13.0 Å². The van der Waals surface area contributed by atoms with Crippen LogP contribution >= 0.6 is 0 Å². The van der Waals surface area contributed by atoms with E-state index in [1.807, 2.05) is 50.2 Å². The molecule has 5 nitrogen and oxygen atoms in total.